The van der Waals surface area contributed by atoms with E-state index in [1.807, 2.05) is 0 Å². The number of carbonyl (C=O) groups is 1. The van der Waals surface area contributed by atoms with Gasteiger partial charge in [-0.3, -0.25) is 0 Å². The highest BCUT2D eigenvalue weighted by molar-refractivity contribution is 5.66. The lowest BCUT2D eigenvalue weighted by Gasteiger charge is -2.47. The molecule has 0 bridgehead atoms. The summed E-state index contributed by atoms with van der Waals surface area (Å²) in [5, 5.41) is 85.4. The van der Waals surface area contributed by atoms with Gasteiger partial charge in [0.1, 0.15) is 67.1 Å². The predicted octanol–water partition coefficient (Wildman–Crippen LogP) is -8.45. The maximum absolute atomic E-state index is 11.6. The second kappa shape index (κ2) is 17.8. The molecule has 1 saturated carbocycles. The summed E-state index contributed by atoms with van der Waals surface area (Å²) in [6.45, 7) is -1.69. The van der Waals surface area contributed by atoms with Crippen LogP contribution >= 0.6 is 0 Å². The van der Waals surface area contributed by atoms with Gasteiger partial charge in [0.25, 0.3) is 0 Å². The Hall–Kier alpha value is -1.49. The van der Waals surface area contributed by atoms with E-state index in [1.54, 1.807) is 0 Å². The minimum Gasteiger partial charge on any atom is -0.453 e. The van der Waals surface area contributed by atoms with Gasteiger partial charge >= 0.3 is 6.09 Å². The molecule has 0 aromatic heterocycles. The quantitative estimate of drug-likeness (QED) is 0.0786. The molecular formula is C27H51N5O17. The zero-order chi connectivity index (χ0) is 36.2. The van der Waals surface area contributed by atoms with E-state index in [9.17, 15) is 45.6 Å². The summed E-state index contributed by atoms with van der Waals surface area (Å²) in [6, 6.07) is -4.49. The van der Waals surface area contributed by atoms with E-state index in [-0.39, 0.29) is 32.8 Å². The van der Waals surface area contributed by atoms with Crippen LogP contribution in [0.3, 0.4) is 0 Å². The Bertz CT molecular complexity index is 1040. The van der Waals surface area contributed by atoms with Gasteiger partial charge in [0, 0.05) is 18.6 Å². The topological polar surface area (TPSA) is 369 Å². The molecule has 19 unspecified atom stereocenters. The van der Waals surface area contributed by atoms with Crippen LogP contribution in [0.25, 0.3) is 0 Å². The number of hydrogen-bond donors (Lipinski definition) is 13. The normalized spacial score (nSPS) is 47.6. The van der Waals surface area contributed by atoms with Crippen molar-refractivity contribution in [1.82, 2.24) is 5.32 Å². The van der Waals surface area contributed by atoms with Gasteiger partial charge in [0.05, 0.1) is 51.7 Å². The molecule has 3 saturated heterocycles. The predicted molar refractivity (Wildman–Crippen MR) is 159 cm³/mol. The van der Waals surface area contributed by atoms with Gasteiger partial charge in [-0.25, -0.2) is 4.79 Å². The van der Waals surface area contributed by atoms with Gasteiger partial charge in [-0.2, -0.15) is 0 Å². The third-order valence-corrected chi connectivity index (χ3v) is 9.06. The first-order valence-electron chi connectivity index (χ1n) is 15.9. The number of nitrogens with two attached hydrogens (primary N) is 4. The summed E-state index contributed by atoms with van der Waals surface area (Å²) in [4.78, 5) is 11.6. The van der Waals surface area contributed by atoms with Crippen molar-refractivity contribution in [2.45, 2.75) is 123 Å². The van der Waals surface area contributed by atoms with Crippen LogP contribution in [0.5, 0.6) is 0 Å². The average molecular weight is 718 g/mol. The maximum atomic E-state index is 11.6. The number of amides is 1. The summed E-state index contributed by atoms with van der Waals surface area (Å²) in [5.41, 5.74) is 24.6. The van der Waals surface area contributed by atoms with Crippen LogP contribution in [0.15, 0.2) is 0 Å². The van der Waals surface area contributed by atoms with Crippen LogP contribution < -0.4 is 28.3 Å². The minimum absolute atomic E-state index is 0.0385. The van der Waals surface area contributed by atoms with Crippen LogP contribution in [0.1, 0.15) is 6.42 Å². The molecule has 19 atom stereocenters. The molecule has 22 heteroatoms. The third-order valence-electron chi connectivity index (χ3n) is 9.06. The smallest absolute Gasteiger partial charge is 0.406 e. The number of nitrogens with one attached hydrogen (secondary N) is 1. The molecule has 17 N–H and O–H groups in total. The van der Waals surface area contributed by atoms with Crippen LogP contribution in [-0.2, 0) is 37.9 Å². The zero-order valence-corrected chi connectivity index (χ0v) is 26.8. The lowest BCUT2D eigenvalue weighted by Crippen LogP contribution is -2.68. The highest BCUT2D eigenvalue weighted by Gasteiger charge is 2.54. The number of alkyl carbamates (subject to hydrolysis) is 1. The monoisotopic (exact) mass is 717 g/mol. The lowest BCUT2D eigenvalue weighted by molar-refractivity contribution is -0.310. The van der Waals surface area contributed by atoms with E-state index >= 15 is 0 Å². The molecule has 4 fully saturated rings. The first-order chi connectivity index (χ1) is 23.2. The van der Waals surface area contributed by atoms with E-state index in [0.29, 0.717) is 0 Å². The van der Waals surface area contributed by atoms with Crippen LogP contribution in [0.2, 0.25) is 0 Å². The molecule has 0 aromatic carbocycles. The van der Waals surface area contributed by atoms with E-state index in [0.717, 1.165) is 7.11 Å². The Labute approximate surface area is 281 Å². The fraction of sp³-hybridized carbons (Fsp3) is 0.963. The summed E-state index contributed by atoms with van der Waals surface area (Å²) in [7, 11) is 1.13. The molecule has 1 amide bonds. The van der Waals surface area contributed by atoms with Crippen LogP contribution in [-0.4, -0.2) is 203 Å². The molecule has 22 nitrogen and oxygen atoms in total. The fourth-order valence-electron chi connectivity index (χ4n) is 6.18. The summed E-state index contributed by atoms with van der Waals surface area (Å²) < 4.78 is 45.2. The number of ether oxygens (including phenoxy) is 8. The van der Waals surface area contributed by atoms with Gasteiger partial charge in [-0.05, 0) is 6.42 Å². The molecule has 0 spiro atoms. The Morgan fingerprint density at radius 1 is 0.694 bits per heavy atom. The van der Waals surface area contributed by atoms with Crippen molar-refractivity contribution in [1.29, 1.82) is 0 Å². The molecule has 0 radical (unpaired) electrons. The standard InChI is InChI=1S/C27H51N5O17/c1-42-27(41)32-5-10-16(36)18(38)13(30)24(44-10)48-22-12(7-43-3-2-33)46-26(20(22)40)49-23-15(35)8(28)4-9(29)21(23)47-25-14(31)19(39)17(37)11(6-34)45-25/h8-26,33-40H,2-7,28-31H2,1H3,(H,32,41). The number of methoxy groups -OCH3 is 1. The second-order valence-corrected chi connectivity index (χ2v) is 12.4. The zero-order valence-electron chi connectivity index (χ0n) is 26.8. The van der Waals surface area contributed by atoms with Crippen molar-refractivity contribution >= 4 is 6.09 Å². The molecule has 3 heterocycles. The molecular weight excluding hydrogens is 666 g/mol. The van der Waals surface area contributed by atoms with E-state index in [4.69, 9.17) is 56.1 Å². The Kier molecular flexibility index (Phi) is 14.7. The van der Waals surface area contributed by atoms with Crippen molar-refractivity contribution in [3.05, 3.63) is 0 Å². The third kappa shape index (κ3) is 9.12. The first kappa shape index (κ1) is 40.3. The second-order valence-electron chi connectivity index (χ2n) is 12.4. The van der Waals surface area contributed by atoms with E-state index in [2.05, 4.69) is 10.1 Å². The average Bonchev–Trinajstić information content (AvgIpc) is 3.37. The van der Waals surface area contributed by atoms with Crippen LogP contribution in [0.4, 0.5) is 4.79 Å². The van der Waals surface area contributed by atoms with Crippen molar-refractivity contribution in [3.63, 3.8) is 0 Å². The molecule has 0 aromatic rings. The Morgan fingerprint density at radius 2 is 1.24 bits per heavy atom. The highest BCUT2D eigenvalue weighted by atomic mass is 16.8. The molecule has 1 aliphatic carbocycles. The SMILES string of the molecule is COC(=O)NCC1OC(OC2C(COCCO)OC(OC3C(O)C(N)CC(N)C3OC3OC(CO)C(O)C(O)C3N)C2O)C(N)C(O)C1O. The highest BCUT2D eigenvalue weighted by Crippen LogP contribution is 2.34. The summed E-state index contributed by atoms with van der Waals surface area (Å²) in [6.07, 6.45) is -22.2. The molecule has 49 heavy (non-hydrogen) atoms. The number of aliphatic hydroxyl groups excluding tert-OH is 8. The van der Waals surface area contributed by atoms with Crippen molar-refractivity contribution in [2.75, 3.05) is 40.1 Å². The van der Waals surface area contributed by atoms with E-state index in [1.165, 1.54) is 0 Å². The van der Waals surface area contributed by atoms with Gasteiger partial charge in [-0.15, -0.1) is 0 Å². The molecule has 286 valence electrons. The van der Waals surface area contributed by atoms with Crippen molar-refractivity contribution < 1.29 is 83.5 Å². The largest absolute Gasteiger partial charge is 0.453 e. The number of rotatable bonds is 13. The van der Waals surface area contributed by atoms with Crippen molar-refractivity contribution in [2.24, 2.45) is 22.9 Å². The number of aliphatic hydroxyl groups is 8. The Balaban J connectivity index is 1.52. The fourth-order valence-corrected chi connectivity index (χ4v) is 6.18. The maximum Gasteiger partial charge on any atom is 0.406 e. The summed E-state index contributed by atoms with van der Waals surface area (Å²) >= 11 is 0. The summed E-state index contributed by atoms with van der Waals surface area (Å²) in [5.74, 6) is 0. The minimum atomic E-state index is -1.67. The molecule has 4 aliphatic rings. The first-order valence-corrected chi connectivity index (χ1v) is 15.9. The molecule has 4 rings (SSSR count). The van der Waals surface area contributed by atoms with Gasteiger partial charge in [-0.1, -0.05) is 0 Å². The van der Waals surface area contributed by atoms with Gasteiger partial charge in [0.2, 0.25) is 0 Å². The lowest BCUT2D eigenvalue weighted by atomic mass is 9.84. The Morgan fingerprint density at radius 3 is 1.84 bits per heavy atom. The van der Waals surface area contributed by atoms with Crippen molar-refractivity contribution in [3.8, 4) is 0 Å². The molecule has 3 aliphatic heterocycles. The van der Waals surface area contributed by atoms with E-state index < -0.39 is 129 Å². The van der Waals surface area contributed by atoms with Gasteiger partial charge < -0.3 is 107 Å². The number of carbonyl (C=O) groups excluding carboxylic acids is 1. The van der Waals surface area contributed by atoms with Gasteiger partial charge in [0.15, 0.2) is 18.9 Å². The van der Waals surface area contributed by atoms with Crippen LogP contribution in [0, 0.1) is 0 Å². The number of hydrogen-bond acceptors (Lipinski definition) is 21.